The molecule has 0 spiro atoms. The van der Waals surface area contributed by atoms with Crippen molar-refractivity contribution in [1.82, 2.24) is 127 Å². The Morgan fingerprint density at radius 3 is 1.53 bits per heavy atom. The van der Waals surface area contributed by atoms with Crippen LogP contribution in [0.5, 0.6) is 5.75 Å². The van der Waals surface area contributed by atoms with Crippen LogP contribution in [0.2, 0.25) is 0 Å². The molecule has 31 heteroatoms. The monoisotopic (exact) mass is 937 g/mol. The predicted molar refractivity (Wildman–Crippen MR) is 235 cm³/mol. The molecule has 6 N–H and O–H groups in total. The molecule has 26 nitrogen and oxygen atoms in total. The van der Waals surface area contributed by atoms with Crippen molar-refractivity contribution in [2.24, 2.45) is 7.05 Å². The first-order valence-corrected chi connectivity index (χ1v) is 20.3. The number of ether oxygens (including phenoxy) is 1. The minimum Gasteiger partial charge on any atom is -0.497 e. The second-order valence-electron chi connectivity index (χ2n) is 11.5. The van der Waals surface area contributed by atoms with Crippen molar-refractivity contribution >= 4 is 60.6 Å². The molecule has 0 saturated heterocycles. The quantitative estimate of drug-likeness (QED) is 0.0941. The molecule has 3 aromatic carbocycles. The minimum atomic E-state index is 0.398. The normalized spacial score (nSPS) is 9.97. The fourth-order valence-electron chi connectivity index (χ4n) is 4.05. The number of para-hydroxylation sites is 1. The van der Waals surface area contributed by atoms with Crippen LogP contribution in [0.4, 0.5) is 0 Å². The van der Waals surface area contributed by atoms with Crippen molar-refractivity contribution in [2.75, 3.05) is 34.0 Å². The van der Waals surface area contributed by atoms with Crippen LogP contribution in [0.3, 0.4) is 0 Å². The Morgan fingerprint density at radius 1 is 0.597 bits per heavy atom. The maximum absolute atomic E-state index is 5.04. The fraction of sp³-hybridized carbons (Fsp3) is 0.226. The van der Waals surface area contributed by atoms with Gasteiger partial charge in [-0.3, -0.25) is 0 Å². The summed E-state index contributed by atoms with van der Waals surface area (Å²) in [6.07, 6.45) is 1.89. The van der Waals surface area contributed by atoms with E-state index in [0.717, 1.165) is 35.8 Å². The molecule has 9 rings (SSSR count). The van der Waals surface area contributed by atoms with Gasteiger partial charge in [0.25, 0.3) is 0 Å². The molecule has 62 heavy (non-hydrogen) atoms. The Kier molecular flexibility index (Phi) is 20.3. The zero-order valence-electron chi connectivity index (χ0n) is 33.4. The van der Waals surface area contributed by atoms with E-state index in [1.807, 2.05) is 105 Å². The van der Waals surface area contributed by atoms with Crippen LogP contribution in [0.1, 0.15) is 0 Å². The maximum Gasteiger partial charge on any atom is 0.242 e. The van der Waals surface area contributed by atoms with Gasteiger partial charge >= 0.3 is 0 Å². The van der Waals surface area contributed by atoms with Crippen molar-refractivity contribution in [1.29, 1.82) is 0 Å². The summed E-state index contributed by atoms with van der Waals surface area (Å²) < 4.78 is 13.4. The molecule has 0 unspecified atom stereocenters. The van der Waals surface area contributed by atoms with Gasteiger partial charge in [0.05, 0.1) is 25.0 Å². The van der Waals surface area contributed by atoms with E-state index in [0.29, 0.717) is 30.1 Å². The number of hydrogen-bond acceptors (Lipinski definition) is 21. The van der Waals surface area contributed by atoms with Crippen LogP contribution in [-0.4, -0.2) is 161 Å². The Morgan fingerprint density at radius 2 is 1.13 bits per heavy atom. The highest BCUT2D eigenvalue weighted by Crippen LogP contribution is 2.14. The molecule has 324 valence electrons. The molecular formula is C31H39N25OS5. The molecule has 0 fully saturated rings. The van der Waals surface area contributed by atoms with Gasteiger partial charge in [-0.1, -0.05) is 102 Å². The van der Waals surface area contributed by atoms with Crippen LogP contribution in [-0.2, 0) is 13.6 Å². The zero-order chi connectivity index (χ0) is 44.5. The molecule has 0 aliphatic carbocycles. The Balaban J connectivity index is 0.000000166. The van der Waals surface area contributed by atoms with E-state index < -0.39 is 0 Å². The number of H-pyrrole nitrogens is 6. The number of rotatable bonds is 8. The predicted octanol–water partition coefficient (Wildman–Crippen LogP) is 3.22. The summed E-state index contributed by atoms with van der Waals surface area (Å²) in [5.74, 6) is 1.43. The van der Waals surface area contributed by atoms with Gasteiger partial charge in [0, 0.05) is 19.2 Å². The smallest absolute Gasteiger partial charge is 0.242 e. The van der Waals surface area contributed by atoms with Crippen molar-refractivity contribution in [3.05, 3.63) is 104 Å². The lowest BCUT2D eigenvalue weighted by Gasteiger charge is -2.07. The largest absolute Gasteiger partial charge is 0.497 e. The first kappa shape index (κ1) is 47.7. The first-order valence-electron chi connectivity index (χ1n) is 17.4. The second-order valence-corrected chi connectivity index (χ2v) is 13.8. The number of nitrogens with one attached hydrogen (secondary N) is 6. The average Bonchev–Trinajstić information content (AvgIpc) is 4.18. The number of nitrogens with zero attached hydrogens (tertiary/aromatic N) is 19. The SMILES string of the molecule is CN(C)CCn1[nH]nnc1=S.COc1ccc(-n2[nH]nnc2=S)cc1.CSc1nn[nH]n1.Cn1[nH]nnc1=S.S=c1nn[nH]n1-c1ccccc1.c1ccc(-c2nn[nH]n2)cc1. The number of aromatic nitrogens is 24. The van der Waals surface area contributed by atoms with Gasteiger partial charge in [0.2, 0.25) is 30.1 Å². The molecule has 6 heterocycles. The van der Waals surface area contributed by atoms with Gasteiger partial charge < -0.3 is 9.64 Å². The van der Waals surface area contributed by atoms with Gasteiger partial charge in [0.15, 0.2) is 0 Å². The van der Waals surface area contributed by atoms with E-state index in [-0.39, 0.29) is 0 Å². The number of likely N-dealkylation sites (N-methyl/N-ethyl adjacent to an activating group) is 1. The summed E-state index contributed by atoms with van der Waals surface area (Å²) in [5, 5.41) is 66.4. The summed E-state index contributed by atoms with van der Waals surface area (Å²) in [6, 6.07) is 26.8. The number of aromatic amines is 6. The van der Waals surface area contributed by atoms with Gasteiger partial charge in [0.1, 0.15) is 5.75 Å². The van der Waals surface area contributed by atoms with Crippen LogP contribution in [0, 0.1) is 19.1 Å². The lowest BCUT2D eigenvalue weighted by Crippen LogP contribution is -2.19. The molecule has 0 radical (unpaired) electrons. The Labute approximate surface area is 375 Å². The van der Waals surface area contributed by atoms with E-state index in [4.69, 9.17) is 41.4 Å². The van der Waals surface area contributed by atoms with Crippen LogP contribution in [0.25, 0.3) is 22.8 Å². The number of tetrazole rings is 6. The van der Waals surface area contributed by atoms with Crippen LogP contribution < -0.4 is 4.74 Å². The topological polar surface area (TPSA) is 307 Å². The lowest BCUT2D eigenvalue weighted by molar-refractivity contribution is 0.369. The highest BCUT2D eigenvalue weighted by Gasteiger charge is 2.01. The minimum absolute atomic E-state index is 0.398. The molecule has 6 aromatic heterocycles. The third kappa shape index (κ3) is 16.3. The summed E-state index contributed by atoms with van der Waals surface area (Å²) >= 11 is 20.9. The van der Waals surface area contributed by atoms with E-state index in [9.17, 15) is 0 Å². The zero-order valence-corrected chi connectivity index (χ0v) is 37.5. The van der Waals surface area contributed by atoms with Gasteiger partial charge in [-0.2, -0.15) is 31.3 Å². The summed E-state index contributed by atoms with van der Waals surface area (Å²) in [7, 11) is 7.39. The first-order chi connectivity index (χ1) is 30.1. The summed E-state index contributed by atoms with van der Waals surface area (Å²) in [5.41, 5.74) is 2.79. The number of hydrogen-bond donors (Lipinski definition) is 6. The highest BCUT2D eigenvalue weighted by atomic mass is 32.2. The maximum atomic E-state index is 5.04. The van der Waals surface area contributed by atoms with Crippen molar-refractivity contribution in [3.8, 4) is 28.5 Å². The van der Waals surface area contributed by atoms with Crippen LogP contribution in [0.15, 0.2) is 90.1 Å². The third-order valence-electron chi connectivity index (χ3n) is 7.09. The van der Waals surface area contributed by atoms with E-state index >= 15 is 0 Å². The van der Waals surface area contributed by atoms with Crippen LogP contribution >= 0.6 is 60.6 Å². The van der Waals surface area contributed by atoms with Gasteiger partial charge in [-0.25, -0.2) is 18.7 Å². The Bertz CT molecular complexity index is 2750. The van der Waals surface area contributed by atoms with Crippen molar-refractivity contribution in [3.63, 3.8) is 0 Å². The van der Waals surface area contributed by atoms with E-state index in [1.165, 1.54) is 11.8 Å². The molecule has 0 atom stereocenters. The number of methoxy groups -OCH3 is 1. The molecule has 0 saturated carbocycles. The fourth-order valence-corrected chi connectivity index (χ4v) is 4.94. The van der Waals surface area contributed by atoms with Gasteiger partial charge in [-0.05, 0) is 116 Å². The molecule has 0 aliphatic rings. The number of thioether (sulfide) groups is 1. The average molecular weight is 938 g/mol. The lowest BCUT2D eigenvalue weighted by atomic mass is 10.2. The van der Waals surface area contributed by atoms with Crippen molar-refractivity contribution in [2.45, 2.75) is 11.7 Å². The molecular weight excluding hydrogens is 899 g/mol. The molecule has 0 amide bonds. The standard InChI is InChI=1S/C8H8N4OS.C7H6N4S.C7H6N4.C5H11N5S.2C2H4N4S/c1-13-7-4-2-6(3-5-7)12-8(14)9-10-11-12;12-7-8-9-10-11(7)6-4-2-1-3-5-6;1-2-4-6(5-3-1)7-8-10-11-9-7;1-9(2)3-4-10-5(11)6-7-8-10;1-6-2(7)3-4-5-6;1-7-2-3-5-6-4-2/h2-5H,1H3,(H,9,11,14);1-5H,(H,8,10,12);1-5H,(H,8,9,10,11);3-4H2,1-2H3,(H,6,8,11);1H3,(H,3,5,7);1H3,(H,3,4,5,6). The van der Waals surface area contributed by atoms with E-state index in [1.54, 1.807) is 32.9 Å². The second kappa shape index (κ2) is 26.3. The van der Waals surface area contributed by atoms with E-state index in [2.05, 4.69) is 120 Å². The molecule has 0 aliphatic heterocycles. The summed E-state index contributed by atoms with van der Waals surface area (Å²) in [6.45, 7) is 1.73. The third-order valence-corrected chi connectivity index (χ3v) is 8.82. The number of benzene rings is 3. The summed E-state index contributed by atoms with van der Waals surface area (Å²) in [4.78, 5) is 2.07. The Hall–Kier alpha value is -6.93. The molecule has 0 bridgehead atoms. The van der Waals surface area contributed by atoms with Gasteiger partial charge in [-0.15, -0.1) is 20.4 Å². The number of aryl methyl sites for hydroxylation is 1. The van der Waals surface area contributed by atoms with Crippen molar-refractivity contribution < 1.29 is 4.74 Å². The highest BCUT2D eigenvalue weighted by molar-refractivity contribution is 7.98. The molecule has 9 aromatic rings.